The standard InChI is InChI=1S/C4H11NO.C3H8O/c1-2-4(6)3-5;1-3(2)4/h4,6H,2-3,5H2,1H3;3-4H,1-2H3. The fraction of sp³-hybridized carbons (Fsp3) is 1.00. The van der Waals surface area contributed by atoms with Crippen molar-refractivity contribution in [3.05, 3.63) is 0 Å². The summed E-state index contributed by atoms with van der Waals surface area (Å²) >= 11 is 0. The molecule has 0 saturated heterocycles. The van der Waals surface area contributed by atoms with Gasteiger partial charge < -0.3 is 15.9 Å². The van der Waals surface area contributed by atoms with Crippen LogP contribution in [0.2, 0.25) is 0 Å². The number of aliphatic hydroxyl groups excluding tert-OH is 2. The fourth-order valence-electron chi connectivity index (χ4n) is 0.167. The summed E-state index contributed by atoms with van der Waals surface area (Å²) in [6.45, 7) is 5.73. The summed E-state index contributed by atoms with van der Waals surface area (Å²) in [6.07, 6.45) is 0.307. The molecule has 0 bridgehead atoms. The maximum atomic E-state index is 8.54. The maximum Gasteiger partial charge on any atom is 0.0659 e. The van der Waals surface area contributed by atoms with Crippen molar-refractivity contribution in [2.45, 2.75) is 39.4 Å². The Hall–Kier alpha value is -0.120. The average molecular weight is 149 g/mol. The first-order valence-corrected chi connectivity index (χ1v) is 3.60. The van der Waals surface area contributed by atoms with Gasteiger partial charge >= 0.3 is 0 Å². The smallest absolute Gasteiger partial charge is 0.0659 e. The molecule has 3 nitrogen and oxygen atoms in total. The molecule has 4 N–H and O–H groups in total. The molecule has 3 heteroatoms. The van der Waals surface area contributed by atoms with E-state index in [-0.39, 0.29) is 12.2 Å². The number of hydrogen-bond acceptors (Lipinski definition) is 3. The number of aliphatic hydroxyl groups is 2. The molecule has 0 radical (unpaired) electrons. The monoisotopic (exact) mass is 149 g/mol. The lowest BCUT2D eigenvalue weighted by atomic mass is 10.3. The van der Waals surface area contributed by atoms with Gasteiger partial charge in [0.2, 0.25) is 0 Å². The summed E-state index contributed by atoms with van der Waals surface area (Å²) < 4.78 is 0. The van der Waals surface area contributed by atoms with E-state index >= 15 is 0 Å². The Labute approximate surface area is 62.9 Å². The van der Waals surface area contributed by atoms with E-state index in [2.05, 4.69) is 0 Å². The first kappa shape index (κ1) is 12.5. The molecule has 10 heavy (non-hydrogen) atoms. The van der Waals surface area contributed by atoms with Crippen LogP contribution in [0, 0.1) is 0 Å². The largest absolute Gasteiger partial charge is 0.394 e. The topological polar surface area (TPSA) is 66.5 Å². The minimum Gasteiger partial charge on any atom is -0.394 e. The Bertz CT molecular complexity index is 50.8. The van der Waals surface area contributed by atoms with Crippen molar-refractivity contribution < 1.29 is 10.2 Å². The molecule has 0 aromatic heterocycles. The van der Waals surface area contributed by atoms with E-state index < -0.39 is 0 Å². The van der Waals surface area contributed by atoms with Crippen LogP contribution < -0.4 is 5.73 Å². The molecular weight excluding hydrogens is 130 g/mol. The summed E-state index contributed by atoms with van der Waals surface area (Å²) in [7, 11) is 0. The van der Waals surface area contributed by atoms with Crippen molar-refractivity contribution in [3.8, 4) is 0 Å². The predicted octanol–water partition coefficient (Wildman–Crippen LogP) is 0.103. The van der Waals surface area contributed by atoms with Crippen molar-refractivity contribution in [2.24, 2.45) is 5.73 Å². The number of rotatable bonds is 2. The minimum atomic E-state index is -0.287. The van der Waals surface area contributed by atoms with Gasteiger partial charge in [-0.25, -0.2) is 0 Å². The van der Waals surface area contributed by atoms with Crippen molar-refractivity contribution in [2.75, 3.05) is 6.54 Å². The van der Waals surface area contributed by atoms with Gasteiger partial charge in [0, 0.05) is 12.6 Å². The van der Waals surface area contributed by atoms with Gasteiger partial charge in [0.05, 0.1) is 6.10 Å². The number of nitrogens with two attached hydrogens (primary N) is 1. The van der Waals surface area contributed by atoms with Gasteiger partial charge in [0.15, 0.2) is 0 Å². The molecule has 64 valence electrons. The summed E-state index contributed by atoms with van der Waals surface area (Å²) in [5, 5.41) is 16.6. The van der Waals surface area contributed by atoms with Gasteiger partial charge in [-0.15, -0.1) is 0 Å². The average Bonchev–Trinajstić information content (AvgIpc) is 1.85. The van der Waals surface area contributed by atoms with E-state index in [9.17, 15) is 0 Å². The zero-order valence-electron chi connectivity index (χ0n) is 7.04. The third-order valence-electron chi connectivity index (χ3n) is 0.743. The molecular formula is C7H19NO2. The van der Waals surface area contributed by atoms with Crippen molar-refractivity contribution in [3.63, 3.8) is 0 Å². The molecule has 1 unspecified atom stereocenters. The molecule has 0 saturated carbocycles. The van der Waals surface area contributed by atoms with Crippen LogP contribution in [0.15, 0.2) is 0 Å². The second-order valence-corrected chi connectivity index (χ2v) is 2.39. The molecule has 0 spiro atoms. The predicted molar refractivity (Wildman–Crippen MR) is 42.7 cm³/mol. The molecule has 0 rings (SSSR count). The fourth-order valence-corrected chi connectivity index (χ4v) is 0.167. The lowest BCUT2D eigenvalue weighted by molar-refractivity contribution is 0.179. The van der Waals surface area contributed by atoms with E-state index in [1.165, 1.54) is 0 Å². The molecule has 0 aliphatic rings. The highest BCUT2D eigenvalue weighted by atomic mass is 16.3. The van der Waals surface area contributed by atoms with E-state index in [0.717, 1.165) is 6.42 Å². The quantitative estimate of drug-likeness (QED) is 0.522. The Morgan fingerprint density at radius 1 is 1.30 bits per heavy atom. The summed E-state index contributed by atoms with van der Waals surface area (Å²) in [6, 6.07) is 0. The normalized spacial score (nSPS) is 12.3. The Kier molecular flexibility index (Phi) is 11.1. The molecule has 0 aromatic rings. The second-order valence-electron chi connectivity index (χ2n) is 2.39. The number of hydrogen-bond donors (Lipinski definition) is 3. The lowest BCUT2D eigenvalue weighted by Crippen LogP contribution is -2.17. The van der Waals surface area contributed by atoms with Crippen LogP contribution in [0.3, 0.4) is 0 Å². The van der Waals surface area contributed by atoms with Gasteiger partial charge in [0.1, 0.15) is 0 Å². The molecule has 0 amide bonds. The van der Waals surface area contributed by atoms with Crippen molar-refractivity contribution >= 4 is 0 Å². The van der Waals surface area contributed by atoms with Crippen molar-refractivity contribution in [1.29, 1.82) is 0 Å². The highest BCUT2D eigenvalue weighted by Crippen LogP contribution is 1.81. The van der Waals surface area contributed by atoms with Crippen LogP contribution in [0.5, 0.6) is 0 Å². The van der Waals surface area contributed by atoms with E-state index in [4.69, 9.17) is 15.9 Å². The third kappa shape index (κ3) is 24.8. The lowest BCUT2D eigenvalue weighted by Gasteiger charge is -1.98. The highest BCUT2D eigenvalue weighted by Gasteiger charge is 1.90. The highest BCUT2D eigenvalue weighted by molar-refractivity contribution is 4.48. The van der Waals surface area contributed by atoms with Crippen LogP contribution in [-0.4, -0.2) is 29.0 Å². The van der Waals surface area contributed by atoms with Crippen LogP contribution in [0.25, 0.3) is 0 Å². The molecule has 0 aliphatic carbocycles. The van der Waals surface area contributed by atoms with Crippen LogP contribution in [0.1, 0.15) is 27.2 Å². The van der Waals surface area contributed by atoms with E-state index in [0.29, 0.717) is 6.54 Å². The van der Waals surface area contributed by atoms with E-state index in [1.54, 1.807) is 13.8 Å². The third-order valence-corrected chi connectivity index (χ3v) is 0.743. The van der Waals surface area contributed by atoms with Crippen molar-refractivity contribution in [1.82, 2.24) is 0 Å². The summed E-state index contributed by atoms with van der Waals surface area (Å²) in [4.78, 5) is 0. The van der Waals surface area contributed by atoms with Crippen LogP contribution in [-0.2, 0) is 0 Å². The van der Waals surface area contributed by atoms with Gasteiger partial charge in [-0.3, -0.25) is 0 Å². The van der Waals surface area contributed by atoms with Crippen LogP contribution >= 0.6 is 0 Å². The molecule has 0 aliphatic heterocycles. The molecule has 0 heterocycles. The first-order chi connectivity index (χ1) is 4.54. The Morgan fingerprint density at radius 2 is 1.60 bits per heavy atom. The Balaban J connectivity index is 0. The first-order valence-electron chi connectivity index (χ1n) is 3.60. The summed E-state index contributed by atoms with van der Waals surface area (Å²) in [5.74, 6) is 0. The van der Waals surface area contributed by atoms with Gasteiger partial charge in [-0.2, -0.15) is 0 Å². The maximum absolute atomic E-state index is 8.54. The van der Waals surface area contributed by atoms with Gasteiger partial charge in [0.25, 0.3) is 0 Å². The van der Waals surface area contributed by atoms with Gasteiger partial charge in [-0.1, -0.05) is 6.92 Å². The van der Waals surface area contributed by atoms with Gasteiger partial charge in [-0.05, 0) is 20.3 Å². The zero-order valence-corrected chi connectivity index (χ0v) is 7.04. The Morgan fingerprint density at radius 3 is 1.60 bits per heavy atom. The van der Waals surface area contributed by atoms with E-state index in [1.807, 2.05) is 6.92 Å². The molecule has 0 fully saturated rings. The second kappa shape index (κ2) is 8.88. The van der Waals surface area contributed by atoms with Crippen LogP contribution in [0.4, 0.5) is 0 Å². The minimum absolute atomic E-state index is 0.167. The zero-order chi connectivity index (χ0) is 8.57. The molecule has 1 atom stereocenters. The molecule has 0 aromatic carbocycles. The summed E-state index contributed by atoms with van der Waals surface area (Å²) in [5.41, 5.74) is 5.03. The SMILES string of the molecule is CC(C)O.CCC(O)CN.